The highest BCUT2D eigenvalue weighted by Gasteiger charge is 2.13. The van der Waals surface area contributed by atoms with Crippen molar-refractivity contribution in [2.45, 2.75) is 12.8 Å². The largest absolute Gasteiger partial charge is 0.494 e. The molecule has 0 bridgehead atoms. The number of halogens is 2. The normalized spacial score (nSPS) is 10.2. The molecule has 0 spiro atoms. The van der Waals surface area contributed by atoms with Gasteiger partial charge in [-0.3, -0.25) is 14.9 Å². The van der Waals surface area contributed by atoms with E-state index in [0.717, 1.165) is 0 Å². The molecule has 0 fully saturated rings. The zero-order valence-corrected chi connectivity index (χ0v) is 14.0. The summed E-state index contributed by atoms with van der Waals surface area (Å²) in [6, 6.07) is 11.0. The molecule has 0 heterocycles. The molecule has 0 aliphatic carbocycles. The number of nitrogens with zero attached hydrogens (tertiary/aromatic N) is 1. The van der Waals surface area contributed by atoms with Gasteiger partial charge in [0, 0.05) is 23.2 Å². The lowest BCUT2D eigenvalue weighted by Crippen LogP contribution is -2.13. The van der Waals surface area contributed by atoms with Gasteiger partial charge in [-0.2, -0.15) is 0 Å². The molecule has 2 aromatic rings. The van der Waals surface area contributed by atoms with Crippen molar-refractivity contribution in [1.82, 2.24) is 0 Å². The third-order valence-corrected chi connectivity index (χ3v) is 3.63. The summed E-state index contributed by atoms with van der Waals surface area (Å²) in [6.45, 7) is 0.371. The second-order valence-corrected chi connectivity index (χ2v) is 5.72. The van der Waals surface area contributed by atoms with Crippen LogP contribution >= 0.6 is 23.2 Å². The fraction of sp³-hybridized carbons (Fsp3) is 0.188. The number of benzene rings is 2. The zero-order chi connectivity index (χ0) is 17.5. The van der Waals surface area contributed by atoms with Crippen LogP contribution in [0.25, 0.3) is 0 Å². The first-order valence-electron chi connectivity index (χ1n) is 7.08. The number of nitrogens with one attached hydrogen (secondary N) is 1. The molecular formula is C16H14Cl2N2O4. The van der Waals surface area contributed by atoms with E-state index in [2.05, 4.69) is 5.32 Å². The maximum absolute atomic E-state index is 11.8. The average Bonchev–Trinajstić information content (AvgIpc) is 2.55. The van der Waals surface area contributed by atoms with Crippen LogP contribution in [0.4, 0.5) is 11.4 Å². The SMILES string of the molecule is O=C(CCCOc1ccc(Cl)cc1)Nc1ccc(Cl)c([N+](=O)[O-])c1. The van der Waals surface area contributed by atoms with Crippen LogP contribution in [0.5, 0.6) is 5.75 Å². The minimum Gasteiger partial charge on any atom is -0.494 e. The Morgan fingerprint density at radius 1 is 1.17 bits per heavy atom. The molecule has 1 N–H and O–H groups in total. The van der Waals surface area contributed by atoms with Crippen molar-refractivity contribution in [3.05, 3.63) is 62.6 Å². The Hall–Kier alpha value is -2.31. The number of nitro benzene ring substituents is 1. The fourth-order valence-electron chi connectivity index (χ4n) is 1.91. The lowest BCUT2D eigenvalue weighted by Gasteiger charge is -2.07. The molecule has 0 saturated heterocycles. The van der Waals surface area contributed by atoms with Crippen LogP contribution in [0, 0.1) is 10.1 Å². The third kappa shape index (κ3) is 5.40. The van der Waals surface area contributed by atoms with E-state index in [1.165, 1.54) is 18.2 Å². The van der Waals surface area contributed by atoms with Crippen molar-refractivity contribution >= 4 is 40.5 Å². The van der Waals surface area contributed by atoms with Crippen molar-refractivity contribution in [2.24, 2.45) is 0 Å². The highest BCUT2D eigenvalue weighted by Crippen LogP contribution is 2.27. The smallest absolute Gasteiger partial charge is 0.289 e. The van der Waals surface area contributed by atoms with Crippen LogP contribution in [0.1, 0.15) is 12.8 Å². The highest BCUT2D eigenvalue weighted by molar-refractivity contribution is 6.32. The monoisotopic (exact) mass is 368 g/mol. The zero-order valence-electron chi connectivity index (χ0n) is 12.5. The van der Waals surface area contributed by atoms with Gasteiger partial charge < -0.3 is 10.1 Å². The molecule has 0 radical (unpaired) electrons. The Morgan fingerprint density at radius 2 is 1.88 bits per heavy atom. The van der Waals surface area contributed by atoms with Crippen molar-refractivity contribution < 1.29 is 14.5 Å². The number of carbonyl (C=O) groups excluding carboxylic acids is 1. The van der Waals surface area contributed by atoms with Crippen LogP contribution < -0.4 is 10.1 Å². The molecule has 0 aliphatic heterocycles. The van der Waals surface area contributed by atoms with Crippen LogP contribution in [0.3, 0.4) is 0 Å². The predicted molar refractivity (Wildman–Crippen MR) is 92.9 cm³/mol. The molecule has 1 amide bonds. The van der Waals surface area contributed by atoms with E-state index in [1.807, 2.05) is 0 Å². The second kappa shape index (κ2) is 8.52. The minimum absolute atomic E-state index is 0.0226. The summed E-state index contributed by atoms with van der Waals surface area (Å²) in [5.41, 5.74) is 0.0789. The van der Waals surface area contributed by atoms with E-state index < -0.39 is 4.92 Å². The number of rotatable bonds is 7. The summed E-state index contributed by atoms with van der Waals surface area (Å²) < 4.78 is 5.48. The Kier molecular flexibility index (Phi) is 6.40. The first kappa shape index (κ1) is 18.0. The number of amides is 1. The molecule has 24 heavy (non-hydrogen) atoms. The summed E-state index contributed by atoms with van der Waals surface area (Å²) in [5.74, 6) is 0.416. The predicted octanol–water partition coefficient (Wildman–Crippen LogP) is 4.70. The van der Waals surface area contributed by atoms with Gasteiger partial charge in [0.05, 0.1) is 11.5 Å². The summed E-state index contributed by atoms with van der Waals surface area (Å²) in [7, 11) is 0. The van der Waals surface area contributed by atoms with Gasteiger partial charge >= 0.3 is 0 Å². The molecule has 0 atom stereocenters. The molecule has 0 aliphatic rings. The van der Waals surface area contributed by atoms with Crippen molar-refractivity contribution in [1.29, 1.82) is 0 Å². The number of nitro groups is 1. The van der Waals surface area contributed by atoms with Crippen molar-refractivity contribution in [2.75, 3.05) is 11.9 Å². The van der Waals surface area contributed by atoms with Gasteiger partial charge in [0.15, 0.2) is 0 Å². The van der Waals surface area contributed by atoms with E-state index >= 15 is 0 Å². The third-order valence-electron chi connectivity index (χ3n) is 3.06. The van der Waals surface area contributed by atoms with Gasteiger partial charge in [0.2, 0.25) is 5.91 Å². The van der Waals surface area contributed by atoms with E-state index in [-0.39, 0.29) is 23.0 Å². The number of ether oxygens (including phenoxy) is 1. The lowest BCUT2D eigenvalue weighted by molar-refractivity contribution is -0.384. The molecule has 8 heteroatoms. The quantitative estimate of drug-likeness (QED) is 0.436. The molecule has 0 aromatic heterocycles. The topological polar surface area (TPSA) is 81.5 Å². The number of anilines is 1. The van der Waals surface area contributed by atoms with Crippen LogP contribution in [-0.2, 0) is 4.79 Å². The summed E-state index contributed by atoms with van der Waals surface area (Å²) >= 11 is 11.5. The standard InChI is InChI=1S/C16H14Cl2N2O4/c17-11-3-6-13(7-4-11)24-9-1-2-16(21)19-12-5-8-14(18)15(10-12)20(22)23/h3-8,10H,1-2,9H2,(H,19,21). The Morgan fingerprint density at radius 3 is 2.54 bits per heavy atom. The number of hydrogen-bond acceptors (Lipinski definition) is 4. The Balaban J connectivity index is 1.78. The first-order chi connectivity index (χ1) is 11.5. The molecule has 6 nitrogen and oxygen atoms in total. The Labute approximate surface area is 148 Å². The summed E-state index contributed by atoms with van der Waals surface area (Å²) in [4.78, 5) is 22.1. The highest BCUT2D eigenvalue weighted by atomic mass is 35.5. The molecule has 2 aromatic carbocycles. The van der Waals surface area contributed by atoms with Gasteiger partial charge in [0.25, 0.3) is 5.69 Å². The van der Waals surface area contributed by atoms with E-state index in [0.29, 0.717) is 29.5 Å². The van der Waals surface area contributed by atoms with Crippen molar-refractivity contribution in [3.63, 3.8) is 0 Å². The van der Waals surface area contributed by atoms with Crippen LogP contribution in [0.2, 0.25) is 10.0 Å². The van der Waals surface area contributed by atoms with E-state index in [1.54, 1.807) is 24.3 Å². The van der Waals surface area contributed by atoms with Crippen LogP contribution in [0.15, 0.2) is 42.5 Å². The molecular weight excluding hydrogens is 355 g/mol. The molecule has 2 rings (SSSR count). The van der Waals surface area contributed by atoms with Crippen molar-refractivity contribution in [3.8, 4) is 5.75 Å². The Bertz CT molecular complexity index is 735. The van der Waals surface area contributed by atoms with Gasteiger partial charge in [-0.05, 0) is 42.8 Å². The van der Waals surface area contributed by atoms with Gasteiger partial charge in [-0.1, -0.05) is 23.2 Å². The minimum atomic E-state index is -0.599. The lowest BCUT2D eigenvalue weighted by atomic mass is 10.2. The second-order valence-electron chi connectivity index (χ2n) is 4.88. The van der Waals surface area contributed by atoms with Gasteiger partial charge in [-0.25, -0.2) is 0 Å². The van der Waals surface area contributed by atoms with Gasteiger partial charge in [0.1, 0.15) is 10.8 Å². The van der Waals surface area contributed by atoms with Crippen LogP contribution in [-0.4, -0.2) is 17.4 Å². The van der Waals surface area contributed by atoms with E-state index in [4.69, 9.17) is 27.9 Å². The number of carbonyl (C=O) groups is 1. The number of hydrogen-bond donors (Lipinski definition) is 1. The maximum Gasteiger partial charge on any atom is 0.289 e. The van der Waals surface area contributed by atoms with Gasteiger partial charge in [-0.15, -0.1) is 0 Å². The molecule has 0 saturated carbocycles. The molecule has 0 unspecified atom stereocenters. The summed E-state index contributed by atoms with van der Waals surface area (Å²) in [5, 5.41) is 14.1. The van der Waals surface area contributed by atoms with E-state index in [9.17, 15) is 14.9 Å². The average molecular weight is 369 g/mol. The fourth-order valence-corrected chi connectivity index (χ4v) is 2.22. The maximum atomic E-state index is 11.8. The molecule has 126 valence electrons. The summed E-state index contributed by atoms with van der Waals surface area (Å²) in [6.07, 6.45) is 0.730. The first-order valence-corrected chi connectivity index (χ1v) is 7.83.